The summed E-state index contributed by atoms with van der Waals surface area (Å²) in [5.41, 5.74) is 2.13. The van der Waals surface area contributed by atoms with Crippen LogP contribution in [0.5, 0.6) is 0 Å². The fraction of sp³-hybridized carbons (Fsp3) is 0.429. The van der Waals surface area contributed by atoms with Crippen LogP contribution in [0.25, 0.3) is 11.5 Å². The van der Waals surface area contributed by atoms with Crippen LogP contribution in [0, 0.1) is 6.92 Å². The number of aromatic nitrogens is 4. The molecule has 5 heterocycles. The number of fused-ring (bicyclic) bond motifs is 1. The molecule has 1 fully saturated rings. The van der Waals surface area contributed by atoms with Gasteiger partial charge in [0.2, 0.25) is 0 Å². The molecule has 10 heteroatoms. The second-order valence-electron chi connectivity index (χ2n) is 7.68. The van der Waals surface area contributed by atoms with Crippen LogP contribution in [0.1, 0.15) is 46.5 Å². The Kier molecular flexibility index (Phi) is 7.35. The first-order valence-electron chi connectivity index (χ1n) is 10.1. The summed E-state index contributed by atoms with van der Waals surface area (Å²) in [6, 6.07) is 7.41. The van der Waals surface area contributed by atoms with E-state index in [2.05, 4.69) is 25.1 Å². The van der Waals surface area contributed by atoms with E-state index in [0.29, 0.717) is 17.2 Å². The molecule has 0 aliphatic carbocycles. The lowest BCUT2D eigenvalue weighted by molar-refractivity contribution is 0.0709. The van der Waals surface area contributed by atoms with Crippen molar-refractivity contribution in [1.82, 2.24) is 30.0 Å². The van der Waals surface area contributed by atoms with Gasteiger partial charge in [0.15, 0.2) is 5.76 Å². The maximum Gasteiger partial charge on any atom is 0.255 e. The smallest absolute Gasteiger partial charge is 0.255 e. The number of nitrogens with zero attached hydrogens (tertiary/aromatic N) is 5. The molecule has 1 N–H and O–H groups in total. The van der Waals surface area contributed by atoms with Crippen molar-refractivity contribution >= 4 is 30.7 Å². The number of carbonyl (C=O) groups is 1. The highest BCUT2D eigenvalue weighted by atomic mass is 35.5. The lowest BCUT2D eigenvalue weighted by Crippen LogP contribution is -2.39. The molecule has 31 heavy (non-hydrogen) atoms. The summed E-state index contributed by atoms with van der Waals surface area (Å²) in [5.74, 6) is 3.21. The third kappa shape index (κ3) is 4.46. The second-order valence-corrected chi connectivity index (χ2v) is 7.68. The zero-order chi connectivity index (χ0) is 19.8. The normalized spacial score (nSPS) is 16.2. The van der Waals surface area contributed by atoms with Gasteiger partial charge in [0, 0.05) is 32.1 Å². The van der Waals surface area contributed by atoms with Crippen LogP contribution in [0.2, 0.25) is 0 Å². The number of piperidine rings is 1. The minimum absolute atomic E-state index is 0. The first-order chi connectivity index (χ1) is 14.2. The number of hydrogen-bond acceptors (Lipinski definition) is 6. The summed E-state index contributed by atoms with van der Waals surface area (Å²) >= 11 is 0. The topological polar surface area (TPSA) is 89.1 Å². The zero-order valence-electron chi connectivity index (χ0n) is 17.3. The number of pyridine rings is 1. The number of furan rings is 1. The molecule has 0 unspecified atom stereocenters. The number of aryl methyl sites for hydroxylation is 1. The predicted octanol–water partition coefficient (Wildman–Crippen LogP) is 3.21. The lowest BCUT2D eigenvalue weighted by atomic mass is 9.95. The van der Waals surface area contributed by atoms with E-state index in [9.17, 15) is 4.79 Å². The lowest BCUT2D eigenvalue weighted by Gasteiger charge is -2.32. The van der Waals surface area contributed by atoms with E-state index >= 15 is 0 Å². The zero-order valence-corrected chi connectivity index (χ0v) is 18.9. The molecule has 0 spiro atoms. The number of likely N-dealkylation sites (tertiary alicyclic amines) is 1. The van der Waals surface area contributed by atoms with Crippen LogP contribution in [0.3, 0.4) is 0 Å². The molecule has 1 saturated heterocycles. The van der Waals surface area contributed by atoms with Crippen molar-refractivity contribution in [3.63, 3.8) is 0 Å². The third-order valence-electron chi connectivity index (χ3n) is 5.89. The molecule has 8 nitrogen and oxygen atoms in total. The molecule has 1 amide bonds. The largest absolute Gasteiger partial charge is 0.463 e. The van der Waals surface area contributed by atoms with Crippen LogP contribution in [-0.2, 0) is 13.1 Å². The van der Waals surface area contributed by atoms with Gasteiger partial charge in [0.1, 0.15) is 17.3 Å². The van der Waals surface area contributed by atoms with Crippen LogP contribution in [0.4, 0.5) is 0 Å². The van der Waals surface area contributed by atoms with Crippen molar-refractivity contribution in [2.45, 2.75) is 38.8 Å². The molecule has 0 radical (unpaired) electrons. The van der Waals surface area contributed by atoms with Gasteiger partial charge in [0.05, 0.1) is 24.1 Å². The minimum Gasteiger partial charge on any atom is -0.463 e. The van der Waals surface area contributed by atoms with Gasteiger partial charge in [-0.2, -0.15) is 0 Å². The second kappa shape index (κ2) is 9.80. The van der Waals surface area contributed by atoms with Gasteiger partial charge in [-0.25, -0.2) is 4.98 Å². The molecule has 2 aliphatic rings. The quantitative estimate of drug-likeness (QED) is 0.639. The molecule has 0 aromatic carbocycles. The molecule has 3 aromatic heterocycles. The van der Waals surface area contributed by atoms with Gasteiger partial charge in [-0.3, -0.25) is 4.79 Å². The highest BCUT2D eigenvalue weighted by molar-refractivity contribution is 5.95. The van der Waals surface area contributed by atoms with Gasteiger partial charge >= 0.3 is 0 Å². The molecular formula is C21H26Cl2N6O2. The Bertz CT molecular complexity index is 1030. The maximum absolute atomic E-state index is 13.1. The number of halogens is 2. The Balaban J connectivity index is 0.00000136. The predicted molar refractivity (Wildman–Crippen MR) is 121 cm³/mol. The van der Waals surface area contributed by atoms with Crippen LogP contribution in [-0.4, -0.2) is 50.2 Å². The Morgan fingerprint density at radius 1 is 1.13 bits per heavy atom. The average molecular weight is 465 g/mol. The van der Waals surface area contributed by atoms with E-state index in [-0.39, 0.29) is 30.7 Å². The molecule has 0 bridgehead atoms. The summed E-state index contributed by atoms with van der Waals surface area (Å²) in [6.07, 6.45) is 3.45. The highest BCUT2D eigenvalue weighted by Crippen LogP contribution is 2.29. The van der Waals surface area contributed by atoms with Gasteiger partial charge in [-0.15, -0.1) is 35.0 Å². The minimum atomic E-state index is 0. The fourth-order valence-electron chi connectivity index (χ4n) is 4.28. The SMILES string of the molecule is Cc1nc(-c2ccco2)ccc1C(=O)N1CCC(c2nnc3n2CCNC3)CC1.Cl.Cl. The molecule has 0 saturated carbocycles. The van der Waals surface area contributed by atoms with E-state index in [1.54, 1.807) is 6.26 Å². The first kappa shape index (κ1) is 23.2. The van der Waals surface area contributed by atoms with Crippen molar-refractivity contribution in [2.75, 3.05) is 19.6 Å². The molecule has 2 aliphatic heterocycles. The van der Waals surface area contributed by atoms with E-state index in [1.165, 1.54) is 0 Å². The van der Waals surface area contributed by atoms with Crippen molar-refractivity contribution in [2.24, 2.45) is 0 Å². The monoisotopic (exact) mass is 464 g/mol. The molecule has 3 aromatic rings. The summed E-state index contributed by atoms with van der Waals surface area (Å²) in [7, 11) is 0. The number of hydrogen-bond donors (Lipinski definition) is 1. The Morgan fingerprint density at radius 3 is 2.65 bits per heavy atom. The Hall–Kier alpha value is -2.42. The molecular weight excluding hydrogens is 439 g/mol. The number of rotatable bonds is 3. The first-order valence-corrected chi connectivity index (χ1v) is 10.1. The van der Waals surface area contributed by atoms with Gasteiger partial charge in [0.25, 0.3) is 5.91 Å². The van der Waals surface area contributed by atoms with Crippen molar-refractivity contribution in [1.29, 1.82) is 0 Å². The van der Waals surface area contributed by atoms with E-state index in [4.69, 9.17) is 4.42 Å². The molecule has 166 valence electrons. The van der Waals surface area contributed by atoms with Crippen LogP contribution in [0.15, 0.2) is 34.9 Å². The summed E-state index contributed by atoms with van der Waals surface area (Å²) in [5, 5.41) is 12.1. The number of carbonyl (C=O) groups excluding carboxylic acids is 1. The van der Waals surface area contributed by atoms with Crippen LogP contribution < -0.4 is 5.32 Å². The fourth-order valence-corrected chi connectivity index (χ4v) is 4.28. The Labute approximate surface area is 193 Å². The van der Waals surface area contributed by atoms with E-state index in [1.807, 2.05) is 36.1 Å². The van der Waals surface area contributed by atoms with Crippen molar-refractivity contribution in [3.05, 3.63) is 53.4 Å². The summed E-state index contributed by atoms with van der Waals surface area (Å²) in [6.45, 7) is 5.99. The van der Waals surface area contributed by atoms with Crippen molar-refractivity contribution < 1.29 is 9.21 Å². The summed E-state index contributed by atoms with van der Waals surface area (Å²) < 4.78 is 7.65. The number of amides is 1. The van der Waals surface area contributed by atoms with Crippen LogP contribution >= 0.6 is 24.8 Å². The molecule has 5 rings (SSSR count). The van der Waals surface area contributed by atoms with E-state index in [0.717, 1.165) is 68.6 Å². The van der Waals surface area contributed by atoms with Gasteiger partial charge in [-0.05, 0) is 44.0 Å². The van der Waals surface area contributed by atoms with Gasteiger partial charge in [-0.1, -0.05) is 0 Å². The average Bonchev–Trinajstić information content (AvgIpc) is 3.44. The summed E-state index contributed by atoms with van der Waals surface area (Å²) in [4.78, 5) is 19.6. The van der Waals surface area contributed by atoms with Gasteiger partial charge < -0.3 is 19.2 Å². The maximum atomic E-state index is 13.1. The van der Waals surface area contributed by atoms with Crippen molar-refractivity contribution in [3.8, 4) is 11.5 Å². The van der Waals surface area contributed by atoms with E-state index < -0.39 is 0 Å². The molecule has 0 atom stereocenters. The standard InChI is InChI=1S/C21H24N6O2.2ClH/c1-14-16(4-5-17(23-14)18-3-2-12-29-18)21(28)26-9-6-15(7-10-26)20-25-24-19-13-22-8-11-27(19)20;;/h2-5,12,15,22H,6-11,13H2,1H3;2*1H. The highest BCUT2D eigenvalue weighted by Gasteiger charge is 2.29. The number of nitrogens with one attached hydrogen (secondary N) is 1. The Morgan fingerprint density at radius 2 is 1.94 bits per heavy atom. The third-order valence-corrected chi connectivity index (χ3v) is 5.89.